The van der Waals surface area contributed by atoms with Crippen LogP contribution in [0.15, 0.2) is 18.4 Å². The molecule has 0 aromatic carbocycles. The number of carbonyl (C=O) groups excluding carboxylic acids is 1. The number of rotatable bonds is 5. The van der Waals surface area contributed by atoms with Gasteiger partial charge in [-0.3, -0.25) is 4.79 Å². The van der Waals surface area contributed by atoms with E-state index in [0.717, 1.165) is 0 Å². The van der Waals surface area contributed by atoms with Crippen LogP contribution in [-0.2, 0) is 9.53 Å². The molecule has 0 aromatic heterocycles. The van der Waals surface area contributed by atoms with Crippen LogP contribution in [0.1, 0.15) is 33.6 Å². The third-order valence-electron chi connectivity index (χ3n) is 1.69. The summed E-state index contributed by atoms with van der Waals surface area (Å²) in [5.41, 5.74) is 1.94. The molecule has 0 radical (unpaired) electrons. The van der Waals surface area contributed by atoms with E-state index in [2.05, 4.69) is 17.6 Å². The van der Waals surface area contributed by atoms with E-state index in [1.807, 2.05) is 0 Å². The summed E-state index contributed by atoms with van der Waals surface area (Å²) in [5, 5.41) is 11.1. The van der Waals surface area contributed by atoms with Gasteiger partial charge in [-0.15, -0.1) is 5.73 Å². The van der Waals surface area contributed by atoms with Gasteiger partial charge in [0.05, 0.1) is 6.04 Å². The minimum atomic E-state index is -0.918. The van der Waals surface area contributed by atoms with E-state index < -0.39 is 23.7 Å². The number of carboxylic acid groups (broad SMARTS) is 1. The summed E-state index contributed by atoms with van der Waals surface area (Å²) in [7, 11) is 0. The van der Waals surface area contributed by atoms with Crippen LogP contribution in [0.2, 0.25) is 0 Å². The summed E-state index contributed by atoms with van der Waals surface area (Å²) in [6.07, 6.45) is 1.15. The van der Waals surface area contributed by atoms with Crippen molar-refractivity contribution in [2.75, 3.05) is 0 Å². The molecule has 2 N–H and O–H groups in total. The highest BCUT2D eigenvalue weighted by Gasteiger charge is 2.18. The maximum absolute atomic E-state index is 11.4. The standard InChI is InChI=1S/C12H19NO4/c1-5-6-9(7-8-10(14)15)13-11(16)17-12(2,3)4/h6,9H,1,7-8H2,2-4H3,(H,13,16)(H,14,15)/t9-/m1/s1. The van der Waals surface area contributed by atoms with Crippen molar-refractivity contribution >= 4 is 12.1 Å². The number of alkyl carbamates (subject to hydrolysis) is 1. The average molecular weight is 241 g/mol. The van der Waals surface area contributed by atoms with E-state index in [9.17, 15) is 9.59 Å². The Morgan fingerprint density at radius 3 is 2.53 bits per heavy atom. The zero-order valence-electron chi connectivity index (χ0n) is 10.4. The first kappa shape index (κ1) is 15.3. The minimum absolute atomic E-state index is 0.0430. The van der Waals surface area contributed by atoms with Crippen LogP contribution in [0.4, 0.5) is 4.79 Å². The highest BCUT2D eigenvalue weighted by molar-refractivity contribution is 5.69. The third kappa shape index (κ3) is 9.20. The lowest BCUT2D eigenvalue weighted by Gasteiger charge is -2.21. The minimum Gasteiger partial charge on any atom is -0.481 e. The average Bonchev–Trinajstić information content (AvgIpc) is 2.11. The second-order valence-electron chi connectivity index (χ2n) is 4.56. The molecule has 0 unspecified atom stereocenters. The highest BCUT2D eigenvalue weighted by Crippen LogP contribution is 2.08. The number of carboxylic acids is 1. The zero-order valence-corrected chi connectivity index (χ0v) is 10.4. The lowest BCUT2D eigenvalue weighted by Crippen LogP contribution is -2.38. The molecular formula is C12H19NO4. The van der Waals surface area contributed by atoms with Crippen LogP contribution >= 0.6 is 0 Å². The van der Waals surface area contributed by atoms with Crippen molar-refractivity contribution in [3.8, 4) is 0 Å². The summed E-state index contributed by atoms with van der Waals surface area (Å²) < 4.78 is 5.06. The van der Waals surface area contributed by atoms with Gasteiger partial charge in [0.15, 0.2) is 0 Å². The van der Waals surface area contributed by atoms with Crippen molar-refractivity contribution in [1.29, 1.82) is 0 Å². The maximum Gasteiger partial charge on any atom is 0.408 e. The summed E-state index contributed by atoms with van der Waals surface area (Å²) in [4.78, 5) is 21.9. The number of aliphatic carboxylic acids is 1. The number of carbonyl (C=O) groups is 2. The molecule has 0 aliphatic heterocycles. The maximum atomic E-state index is 11.4. The fraction of sp³-hybridized carbons (Fsp3) is 0.583. The van der Waals surface area contributed by atoms with E-state index in [1.54, 1.807) is 20.8 Å². The first-order chi connectivity index (χ1) is 7.74. The molecule has 0 spiro atoms. The van der Waals surface area contributed by atoms with Crippen LogP contribution in [0.3, 0.4) is 0 Å². The molecule has 0 fully saturated rings. The molecule has 96 valence electrons. The molecule has 0 bridgehead atoms. The largest absolute Gasteiger partial charge is 0.481 e. The van der Waals surface area contributed by atoms with Gasteiger partial charge in [-0.25, -0.2) is 4.79 Å². The molecule has 1 atom stereocenters. The second-order valence-corrected chi connectivity index (χ2v) is 4.56. The van der Waals surface area contributed by atoms with Gasteiger partial charge in [0, 0.05) is 6.42 Å². The first-order valence-electron chi connectivity index (χ1n) is 5.32. The summed E-state index contributed by atoms with van der Waals surface area (Å²) in [6, 6.07) is -0.432. The Labute approximate surface area is 101 Å². The molecule has 17 heavy (non-hydrogen) atoms. The fourth-order valence-corrected chi connectivity index (χ4v) is 1.08. The highest BCUT2D eigenvalue weighted by atomic mass is 16.6. The number of nitrogens with one attached hydrogen (secondary N) is 1. The van der Waals surface area contributed by atoms with Crippen molar-refractivity contribution in [1.82, 2.24) is 5.32 Å². The van der Waals surface area contributed by atoms with Crippen molar-refractivity contribution in [3.63, 3.8) is 0 Å². The summed E-state index contributed by atoms with van der Waals surface area (Å²) >= 11 is 0. The van der Waals surface area contributed by atoms with Crippen LogP contribution in [-0.4, -0.2) is 28.8 Å². The molecule has 0 aliphatic carbocycles. The Bertz CT molecular complexity index is 324. The Morgan fingerprint density at radius 1 is 1.53 bits per heavy atom. The predicted octanol–water partition coefficient (Wildman–Crippen LogP) is 2.09. The first-order valence-corrected chi connectivity index (χ1v) is 5.32. The number of ether oxygens (including phenoxy) is 1. The normalized spacial score (nSPS) is 12.2. The van der Waals surface area contributed by atoms with Gasteiger partial charge in [-0.2, -0.15) is 0 Å². The Hall–Kier alpha value is -1.74. The van der Waals surface area contributed by atoms with Crippen molar-refractivity contribution in [3.05, 3.63) is 18.4 Å². The summed E-state index contributed by atoms with van der Waals surface area (Å²) in [5.74, 6) is -0.918. The van der Waals surface area contributed by atoms with Crippen LogP contribution in [0.25, 0.3) is 0 Å². The Kier molecular flexibility index (Phi) is 6.07. The van der Waals surface area contributed by atoms with E-state index in [-0.39, 0.29) is 12.8 Å². The second kappa shape index (κ2) is 6.76. The number of amides is 1. The monoisotopic (exact) mass is 241 g/mol. The van der Waals surface area contributed by atoms with E-state index >= 15 is 0 Å². The molecule has 0 aliphatic rings. The van der Waals surface area contributed by atoms with Crippen LogP contribution in [0.5, 0.6) is 0 Å². The van der Waals surface area contributed by atoms with Gasteiger partial charge in [0.25, 0.3) is 0 Å². The molecule has 0 heterocycles. The van der Waals surface area contributed by atoms with Crippen LogP contribution < -0.4 is 5.32 Å². The van der Waals surface area contributed by atoms with Gasteiger partial charge in [0.2, 0.25) is 0 Å². The molecule has 1 amide bonds. The zero-order chi connectivity index (χ0) is 13.5. The molecule has 5 nitrogen and oxygen atoms in total. The topological polar surface area (TPSA) is 75.6 Å². The third-order valence-corrected chi connectivity index (χ3v) is 1.69. The van der Waals surface area contributed by atoms with Gasteiger partial charge in [-0.05, 0) is 33.3 Å². The molecule has 5 heteroatoms. The van der Waals surface area contributed by atoms with Crippen LogP contribution in [0, 0.1) is 0 Å². The van der Waals surface area contributed by atoms with Crippen molar-refractivity contribution in [2.45, 2.75) is 45.3 Å². The van der Waals surface area contributed by atoms with Crippen molar-refractivity contribution in [2.24, 2.45) is 0 Å². The van der Waals surface area contributed by atoms with Gasteiger partial charge >= 0.3 is 12.1 Å². The molecule has 0 rings (SSSR count). The Balaban J connectivity index is 4.29. The number of hydrogen-bond acceptors (Lipinski definition) is 3. The molecule has 0 aromatic rings. The fourth-order valence-electron chi connectivity index (χ4n) is 1.08. The Morgan fingerprint density at radius 2 is 2.12 bits per heavy atom. The quantitative estimate of drug-likeness (QED) is 0.722. The van der Waals surface area contributed by atoms with Crippen molar-refractivity contribution < 1.29 is 19.4 Å². The van der Waals surface area contributed by atoms with Gasteiger partial charge in [0.1, 0.15) is 5.60 Å². The predicted molar refractivity (Wildman–Crippen MR) is 63.7 cm³/mol. The van der Waals surface area contributed by atoms with Gasteiger partial charge < -0.3 is 15.2 Å². The van der Waals surface area contributed by atoms with Gasteiger partial charge in [-0.1, -0.05) is 6.58 Å². The smallest absolute Gasteiger partial charge is 0.408 e. The molecular weight excluding hydrogens is 222 g/mol. The lowest BCUT2D eigenvalue weighted by atomic mass is 10.1. The molecule has 0 saturated heterocycles. The summed E-state index contributed by atoms with van der Waals surface area (Å²) in [6.45, 7) is 8.65. The van der Waals surface area contributed by atoms with E-state index in [1.165, 1.54) is 6.08 Å². The number of hydrogen-bond donors (Lipinski definition) is 2. The SMILES string of the molecule is C=C=C[C@H](CCC(=O)O)NC(=O)OC(C)(C)C. The van der Waals surface area contributed by atoms with E-state index in [0.29, 0.717) is 0 Å². The van der Waals surface area contributed by atoms with E-state index in [4.69, 9.17) is 9.84 Å². The lowest BCUT2D eigenvalue weighted by molar-refractivity contribution is -0.137. The molecule has 0 saturated carbocycles.